The SMILES string of the molecule is Cc1ccc(/C=C/C(=O)Nc2nc(-c3ccc(Cl)cc3)c(C)s2)cc1. The van der Waals surface area contributed by atoms with Crippen molar-refractivity contribution < 1.29 is 4.79 Å². The summed E-state index contributed by atoms with van der Waals surface area (Å²) in [6.45, 7) is 4.02. The number of hydrogen-bond acceptors (Lipinski definition) is 3. The maximum Gasteiger partial charge on any atom is 0.250 e. The molecule has 1 heterocycles. The summed E-state index contributed by atoms with van der Waals surface area (Å²) in [5, 5.41) is 4.09. The summed E-state index contributed by atoms with van der Waals surface area (Å²) < 4.78 is 0. The van der Waals surface area contributed by atoms with E-state index >= 15 is 0 Å². The Morgan fingerprint density at radius 3 is 2.44 bits per heavy atom. The van der Waals surface area contributed by atoms with Crippen molar-refractivity contribution in [2.75, 3.05) is 5.32 Å². The maximum atomic E-state index is 12.1. The van der Waals surface area contributed by atoms with Gasteiger partial charge in [0.25, 0.3) is 0 Å². The molecule has 0 aliphatic carbocycles. The van der Waals surface area contributed by atoms with E-state index < -0.39 is 0 Å². The number of rotatable bonds is 4. The van der Waals surface area contributed by atoms with E-state index in [-0.39, 0.29) is 5.91 Å². The number of anilines is 1. The van der Waals surface area contributed by atoms with E-state index in [1.54, 1.807) is 6.08 Å². The maximum absolute atomic E-state index is 12.1. The first-order chi connectivity index (χ1) is 12.0. The van der Waals surface area contributed by atoms with E-state index in [9.17, 15) is 4.79 Å². The number of thiazole rings is 1. The van der Waals surface area contributed by atoms with Gasteiger partial charge in [-0.3, -0.25) is 10.1 Å². The number of carbonyl (C=O) groups excluding carboxylic acids is 1. The summed E-state index contributed by atoms with van der Waals surface area (Å²) in [4.78, 5) is 17.7. The van der Waals surface area contributed by atoms with Gasteiger partial charge in [-0.25, -0.2) is 4.98 Å². The molecule has 1 amide bonds. The Hall–Kier alpha value is -2.43. The first kappa shape index (κ1) is 17.4. The number of carbonyl (C=O) groups is 1. The van der Waals surface area contributed by atoms with Gasteiger partial charge < -0.3 is 0 Å². The minimum Gasteiger partial charge on any atom is -0.298 e. The Labute approximate surface area is 156 Å². The predicted molar refractivity (Wildman–Crippen MR) is 106 cm³/mol. The summed E-state index contributed by atoms with van der Waals surface area (Å²) in [5.74, 6) is -0.197. The molecule has 3 aromatic rings. The van der Waals surface area contributed by atoms with Crippen LogP contribution in [0.2, 0.25) is 5.02 Å². The van der Waals surface area contributed by atoms with Gasteiger partial charge in [-0.1, -0.05) is 53.6 Å². The van der Waals surface area contributed by atoms with E-state index in [4.69, 9.17) is 11.6 Å². The third-order valence-electron chi connectivity index (χ3n) is 3.65. The summed E-state index contributed by atoms with van der Waals surface area (Å²) in [7, 11) is 0. The second-order valence-electron chi connectivity index (χ2n) is 5.66. The summed E-state index contributed by atoms with van der Waals surface area (Å²) in [5.41, 5.74) is 4.01. The lowest BCUT2D eigenvalue weighted by Crippen LogP contribution is -2.07. The largest absolute Gasteiger partial charge is 0.298 e. The molecule has 1 N–H and O–H groups in total. The highest BCUT2D eigenvalue weighted by atomic mass is 35.5. The number of halogens is 1. The van der Waals surface area contributed by atoms with Crippen molar-refractivity contribution >= 4 is 40.1 Å². The van der Waals surface area contributed by atoms with Gasteiger partial charge in [-0.15, -0.1) is 11.3 Å². The van der Waals surface area contributed by atoms with Crippen LogP contribution in [-0.2, 0) is 4.79 Å². The minimum absolute atomic E-state index is 0.197. The lowest BCUT2D eigenvalue weighted by Gasteiger charge is -1.99. The molecule has 0 aliphatic heterocycles. The molecule has 0 bridgehead atoms. The van der Waals surface area contributed by atoms with Crippen molar-refractivity contribution in [3.05, 3.63) is 75.6 Å². The van der Waals surface area contributed by atoms with Gasteiger partial charge in [0.2, 0.25) is 5.91 Å². The van der Waals surface area contributed by atoms with Crippen LogP contribution in [0.5, 0.6) is 0 Å². The zero-order chi connectivity index (χ0) is 17.8. The van der Waals surface area contributed by atoms with Crippen molar-refractivity contribution in [1.29, 1.82) is 0 Å². The first-order valence-corrected chi connectivity index (χ1v) is 9.00. The molecule has 0 spiro atoms. The molecule has 3 nitrogen and oxygen atoms in total. The van der Waals surface area contributed by atoms with Crippen molar-refractivity contribution in [2.45, 2.75) is 13.8 Å². The number of aryl methyl sites for hydroxylation is 2. The second kappa shape index (κ2) is 7.64. The van der Waals surface area contributed by atoms with Crippen LogP contribution in [0.1, 0.15) is 16.0 Å². The Bertz CT molecular complexity index is 912. The number of nitrogens with zero attached hydrogens (tertiary/aromatic N) is 1. The lowest BCUT2D eigenvalue weighted by atomic mass is 10.1. The van der Waals surface area contributed by atoms with Crippen LogP contribution in [0.3, 0.4) is 0 Å². The van der Waals surface area contributed by atoms with E-state index in [1.165, 1.54) is 23.0 Å². The summed E-state index contributed by atoms with van der Waals surface area (Å²) in [6.07, 6.45) is 3.30. The Morgan fingerprint density at radius 2 is 1.76 bits per heavy atom. The van der Waals surface area contributed by atoms with E-state index in [0.29, 0.717) is 10.2 Å². The Kier molecular flexibility index (Phi) is 5.31. The Balaban J connectivity index is 1.70. The van der Waals surface area contributed by atoms with Gasteiger partial charge in [0.15, 0.2) is 5.13 Å². The van der Waals surface area contributed by atoms with Crippen LogP contribution >= 0.6 is 22.9 Å². The molecule has 25 heavy (non-hydrogen) atoms. The fraction of sp³-hybridized carbons (Fsp3) is 0.100. The molecule has 1 aromatic heterocycles. The van der Waals surface area contributed by atoms with Gasteiger partial charge >= 0.3 is 0 Å². The fourth-order valence-corrected chi connectivity index (χ4v) is 3.29. The van der Waals surface area contributed by atoms with Crippen LogP contribution in [0.15, 0.2) is 54.6 Å². The molecule has 2 aromatic carbocycles. The molecule has 5 heteroatoms. The fourth-order valence-electron chi connectivity index (χ4n) is 2.32. The molecular weight excluding hydrogens is 352 g/mol. The topological polar surface area (TPSA) is 42.0 Å². The third kappa shape index (κ3) is 4.56. The van der Waals surface area contributed by atoms with Crippen molar-refractivity contribution in [3.8, 4) is 11.3 Å². The van der Waals surface area contributed by atoms with Crippen LogP contribution in [0, 0.1) is 13.8 Å². The number of amides is 1. The molecule has 3 rings (SSSR count). The van der Waals surface area contributed by atoms with Crippen molar-refractivity contribution in [2.24, 2.45) is 0 Å². The summed E-state index contributed by atoms with van der Waals surface area (Å²) in [6, 6.07) is 15.5. The molecule has 0 atom stereocenters. The van der Waals surface area contributed by atoms with E-state index in [1.807, 2.05) is 62.4 Å². The molecule has 0 saturated heterocycles. The molecule has 0 unspecified atom stereocenters. The smallest absolute Gasteiger partial charge is 0.250 e. The zero-order valence-electron chi connectivity index (χ0n) is 13.9. The molecule has 0 fully saturated rings. The van der Waals surface area contributed by atoms with Crippen LogP contribution < -0.4 is 5.32 Å². The minimum atomic E-state index is -0.197. The van der Waals surface area contributed by atoms with Crippen molar-refractivity contribution in [1.82, 2.24) is 4.98 Å². The average Bonchev–Trinajstić information content (AvgIpc) is 2.95. The Morgan fingerprint density at radius 1 is 1.08 bits per heavy atom. The second-order valence-corrected chi connectivity index (χ2v) is 7.30. The number of hydrogen-bond donors (Lipinski definition) is 1. The third-order valence-corrected chi connectivity index (χ3v) is 4.79. The van der Waals surface area contributed by atoms with E-state index in [2.05, 4.69) is 10.3 Å². The van der Waals surface area contributed by atoms with Crippen molar-refractivity contribution in [3.63, 3.8) is 0 Å². The highest BCUT2D eigenvalue weighted by Crippen LogP contribution is 2.31. The van der Waals surface area contributed by atoms with Crippen LogP contribution in [0.4, 0.5) is 5.13 Å². The zero-order valence-corrected chi connectivity index (χ0v) is 15.5. The average molecular weight is 369 g/mol. The number of aromatic nitrogens is 1. The highest BCUT2D eigenvalue weighted by molar-refractivity contribution is 7.16. The molecule has 0 saturated carbocycles. The van der Waals surface area contributed by atoms with Gasteiger partial charge in [0.05, 0.1) is 5.69 Å². The number of nitrogens with one attached hydrogen (secondary N) is 1. The van der Waals surface area contributed by atoms with Gasteiger partial charge in [0.1, 0.15) is 0 Å². The monoisotopic (exact) mass is 368 g/mol. The molecule has 126 valence electrons. The van der Waals surface area contributed by atoms with Crippen LogP contribution in [0.25, 0.3) is 17.3 Å². The van der Waals surface area contributed by atoms with Crippen LogP contribution in [-0.4, -0.2) is 10.9 Å². The van der Waals surface area contributed by atoms with E-state index in [0.717, 1.165) is 21.7 Å². The molecule has 0 aliphatic rings. The quantitative estimate of drug-likeness (QED) is 0.597. The standard InChI is InChI=1S/C20H17ClN2OS/c1-13-3-5-15(6-4-13)7-12-18(24)22-20-23-19(14(2)25-20)16-8-10-17(21)11-9-16/h3-12H,1-2H3,(H,22,23,24)/b12-7+. The number of benzene rings is 2. The molecule has 0 radical (unpaired) electrons. The van der Waals surface area contributed by atoms with Gasteiger partial charge in [0, 0.05) is 21.5 Å². The van der Waals surface area contributed by atoms with Gasteiger partial charge in [-0.05, 0) is 37.6 Å². The molecular formula is C20H17ClN2OS. The normalized spacial score (nSPS) is 11.0. The highest BCUT2D eigenvalue weighted by Gasteiger charge is 2.11. The summed E-state index contributed by atoms with van der Waals surface area (Å²) >= 11 is 7.38. The lowest BCUT2D eigenvalue weighted by molar-refractivity contribution is -0.111. The predicted octanol–water partition coefficient (Wildman–Crippen LogP) is 5.73. The van der Waals surface area contributed by atoms with Gasteiger partial charge in [-0.2, -0.15) is 0 Å². The first-order valence-electron chi connectivity index (χ1n) is 7.80.